The number of ether oxygens (including phenoxy) is 1. The van der Waals surface area contributed by atoms with Gasteiger partial charge in [0, 0.05) is 26.2 Å². The Morgan fingerprint density at radius 2 is 2.15 bits per heavy atom. The van der Waals surface area contributed by atoms with Crippen LogP contribution in [0, 0.1) is 0 Å². The lowest BCUT2D eigenvalue weighted by atomic mass is 10.1. The lowest BCUT2D eigenvalue weighted by molar-refractivity contribution is -0.00920. The van der Waals surface area contributed by atoms with Gasteiger partial charge in [0.1, 0.15) is 5.82 Å². The average molecular weight is 280 g/mol. The van der Waals surface area contributed by atoms with Crippen LogP contribution < -0.4 is 5.32 Å². The number of nitrogens with zero attached hydrogens (tertiary/aromatic N) is 3. The Kier molecular flexibility index (Phi) is 6.17. The Balaban J connectivity index is 1.74. The molecule has 0 radical (unpaired) electrons. The summed E-state index contributed by atoms with van der Waals surface area (Å²) in [6.45, 7) is 6.30. The van der Waals surface area contributed by atoms with Gasteiger partial charge in [-0.05, 0) is 19.8 Å². The van der Waals surface area contributed by atoms with E-state index in [-0.39, 0.29) is 6.61 Å². The second-order valence-corrected chi connectivity index (χ2v) is 4.99. The molecule has 0 amide bonds. The molecule has 112 valence electrons. The van der Waals surface area contributed by atoms with Gasteiger partial charge in [-0.15, -0.1) is 0 Å². The third kappa shape index (κ3) is 4.70. The van der Waals surface area contributed by atoms with Gasteiger partial charge in [0.15, 0.2) is 0 Å². The minimum absolute atomic E-state index is 0.105. The summed E-state index contributed by atoms with van der Waals surface area (Å²) in [5.74, 6) is 0.826. The molecule has 2 N–H and O–H groups in total. The zero-order valence-corrected chi connectivity index (χ0v) is 12.1. The van der Waals surface area contributed by atoms with Crippen LogP contribution in [0.5, 0.6) is 0 Å². The number of aromatic nitrogens is 2. The molecule has 20 heavy (non-hydrogen) atoms. The van der Waals surface area contributed by atoms with Crippen LogP contribution in [-0.4, -0.2) is 58.9 Å². The monoisotopic (exact) mass is 280 g/mol. The van der Waals surface area contributed by atoms with Gasteiger partial charge in [0.05, 0.1) is 37.4 Å². The number of nitrogens with one attached hydrogen (secondary N) is 1. The molecule has 0 bridgehead atoms. The quantitative estimate of drug-likeness (QED) is 0.773. The van der Waals surface area contributed by atoms with Gasteiger partial charge in [-0.3, -0.25) is 9.88 Å². The Morgan fingerprint density at radius 3 is 2.75 bits per heavy atom. The van der Waals surface area contributed by atoms with E-state index >= 15 is 0 Å². The first-order valence-electron chi connectivity index (χ1n) is 7.31. The van der Waals surface area contributed by atoms with Crippen molar-refractivity contribution < 1.29 is 9.84 Å². The zero-order valence-electron chi connectivity index (χ0n) is 12.1. The van der Waals surface area contributed by atoms with E-state index in [4.69, 9.17) is 9.84 Å². The third-order valence-corrected chi connectivity index (χ3v) is 3.43. The molecule has 1 aliphatic heterocycles. The second-order valence-electron chi connectivity index (χ2n) is 4.99. The van der Waals surface area contributed by atoms with E-state index in [0.29, 0.717) is 12.7 Å². The van der Waals surface area contributed by atoms with Crippen molar-refractivity contribution in [1.82, 2.24) is 14.9 Å². The summed E-state index contributed by atoms with van der Waals surface area (Å²) in [6, 6.07) is 0. The molecular weight excluding hydrogens is 256 g/mol. The maximum atomic E-state index is 8.75. The summed E-state index contributed by atoms with van der Waals surface area (Å²) in [7, 11) is 0. The van der Waals surface area contributed by atoms with Crippen molar-refractivity contribution in [3.05, 3.63) is 18.1 Å². The highest BCUT2D eigenvalue weighted by atomic mass is 16.5. The summed E-state index contributed by atoms with van der Waals surface area (Å²) in [6.07, 6.45) is 5.95. The highest BCUT2D eigenvalue weighted by Crippen LogP contribution is 2.15. The maximum absolute atomic E-state index is 8.75. The first kappa shape index (κ1) is 15.2. The van der Waals surface area contributed by atoms with Gasteiger partial charge >= 0.3 is 0 Å². The molecular formula is C14H24N4O2. The number of hydrogen-bond acceptors (Lipinski definition) is 6. The minimum Gasteiger partial charge on any atom is -0.394 e. The first-order chi connectivity index (χ1) is 9.81. The van der Waals surface area contributed by atoms with Gasteiger partial charge in [-0.1, -0.05) is 0 Å². The van der Waals surface area contributed by atoms with Crippen LogP contribution in [0.15, 0.2) is 12.4 Å². The van der Waals surface area contributed by atoms with E-state index in [1.54, 1.807) is 6.20 Å². The fourth-order valence-electron chi connectivity index (χ4n) is 2.39. The number of piperidine rings is 1. The SMILES string of the molecule is CCNc1cnc(CN2CCC(OCCO)CC2)cn1. The van der Waals surface area contributed by atoms with Crippen LogP contribution in [0.25, 0.3) is 0 Å². The van der Waals surface area contributed by atoms with Crippen LogP contribution >= 0.6 is 0 Å². The van der Waals surface area contributed by atoms with E-state index < -0.39 is 0 Å². The van der Waals surface area contributed by atoms with Crippen LogP contribution in [0.2, 0.25) is 0 Å². The molecule has 1 aromatic rings. The third-order valence-electron chi connectivity index (χ3n) is 3.43. The Labute approximate surface area is 120 Å². The molecule has 6 heteroatoms. The molecule has 0 aromatic carbocycles. The molecule has 0 unspecified atom stereocenters. The molecule has 6 nitrogen and oxygen atoms in total. The van der Waals surface area contributed by atoms with Crippen LogP contribution in [0.1, 0.15) is 25.5 Å². The van der Waals surface area contributed by atoms with Gasteiger partial charge < -0.3 is 15.2 Å². The summed E-state index contributed by atoms with van der Waals surface area (Å²) in [5, 5.41) is 11.9. The van der Waals surface area contributed by atoms with Crippen molar-refractivity contribution in [2.45, 2.75) is 32.4 Å². The Hall–Kier alpha value is -1.24. The fourth-order valence-corrected chi connectivity index (χ4v) is 2.39. The first-order valence-corrected chi connectivity index (χ1v) is 7.31. The standard InChI is InChI=1S/C14H24N4O2/c1-2-15-14-10-16-12(9-17-14)11-18-5-3-13(4-6-18)20-8-7-19/h9-10,13,19H,2-8,11H2,1H3,(H,15,17). The van der Waals surface area contributed by atoms with Crippen LogP contribution in [-0.2, 0) is 11.3 Å². The number of anilines is 1. The van der Waals surface area contributed by atoms with Crippen molar-refractivity contribution in [3.8, 4) is 0 Å². The predicted molar refractivity (Wildman–Crippen MR) is 77.5 cm³/mol. The number of rotatable bonds is 7. The van der Waals surface area contributed by atoms with Crippen molar-refractivity contribution in [3.63, 3.8) is 0 Å². The smallest absolute Gasteiger partial charge is 0.144 e. The lowest BCUT2D eigenvalue weighted by Gasteiger charge is -2.31. The molecule has 0 atom stereocenters. The van der Waals surface area contributed by atoms with Crippen molar-refractivity contribution in [2.75, 3.05) is 38.2 Å². The van der Waals surface area contributed by atoms with Crippen LogP contribution in [0.4, 0.5) is 5.82 Å². The van der Waals surface area contributed by atoms with E-state index in [2.05, 4.69) is 20.2 Å². The minimum atomic E-state index is 0.105. The second kappa shape index (κ2) is 8.14. The number of hydrogen-bond donors (Lipinski definition) is 2. The summed E-state index contributed by atoms with van der Waals surface area (Å²) >= 11 is 0. The van der Waals surface area contributed by atoms with Gasteiger partial charge in [0.25, 0.3) is 0 Å². The molecule has 0 aliphatic carbocycles. The topological polar surface area (TPSA) is 70.5 Å². The van der Waals surface area contributed by atoms with Crippen molar-refractivity contribution >= 4 is 5.82 Å². The van der Waals surface area contributed by atoms with E-state index in [9.17, 15) is 0 Å². The molecule has 1 fully saturated rings. The Morgan fingerprint density at radius 1 is 1.35 bits per heavy atom. The number of aliphatic hydroxyl groups excluding tert-OH is 1. The number of aliphatic hydroxyl groups is 1. The molecule has 0 spiro atoms. The molecule has 1 aromatic heterocycles. The largest absolute Gasteiger partial charge is 0.394 e. The Bertz CT molecular complexity index is 377. The summed E-state index contributed by atoms with van der Waals surface area (Å²) in [4.78, 5) is 11.1. The van der Waals surface area contributed by atoms with E-state index in [1.807, 2.05) is 13.1 Å². The normalized spacial score (nSPS) is 17.3. The average Bonchev–Trinajstić information content (AvgIpc) is 2.49. The molecule has 0 saturated carbocycles. The molecule has 1 aliphatic rings. The highest BCUT2D eigenvalue weighted by Gasteiger charge is 2.19. The maximum Gasteiger partial charge on any atom is 0.144 e. The molecule has 2 heterocycles. The van der Waals surface area contributed by atoms with Crippen molar-refractivity contribution in [1.29, 1.82) is 0 Å². The van der Waals surface area contributed by atoms with Gasteiger partial charge in [-0.2, -0.15) is 0 Å². The van der Waals surface area contributed by atoms with Gasteiger partial charge in [-0.25, -0.2) is 4.98 Å². The highest BCUT2D eigenvalue weighted by molar-refractivity contribution is 5.30. The number of likely N-dealkylation sites (tertiary alicyclic amines) is 1. The molecule has 2 rings (SSSR count). The predicted octanol–water partition coefficient (Wildman–Crippen LogP) is 0.882. The van der Waals surface area contributed by atoms with E-state index in [1.165, 1.54) is 0 Å². The zero-order chi connectivity index (χ0) is 14.2. The summed E-state index contributed by atoms with van der Waals surface area (Å²) < 4.78 is 5.56. The van der Waals surface area contributed by atoms with Crippen LogP contribution in [0.3, 0.4) is 0 Å². The summed E-state index contributed by atoms with van der Waals surface area (Å²) in [5.41, 5.74) is 1.00. The van der Waals surface area contributed by atoms with E-state index in [0.717, 1.165) is 50.5 Å². The fraction of sp³-hybridized carbons (Fsp3) is 0.714. The van der Waals surface area contributed by atoms with Crippen molar-refractivity contribution in [2.24, 2.45) is 0 Å². The molecule has 1 saturated heterocycles. The van der Waals surface area contributed by atoms with Gasteiger partial charge in [0.2, 0.25) is 0 Å². The lowest BCUT2D eigenvalue weighted by Crippen LogP contribution is -2.37.